The van der Waals surface area contributed by atoms with Gasteiger partial charge in [-0.05, 0) is 64.5 Å². The minimum atomic E-state index is 0.757. The molecule has 1 atom stereocenters. The maximum Gasteiger partial charge on any atom is 0.00980 e. The van der Waals surface area contributed by atoms with Crippen LogP contribution in [0.5, 0.6) is 0 Å². The van der Waals surface area contributed by atoms with Crippen LogP contribution in [0.25, 0.3) is 0 Å². The Hall–Kier alpha value is -0.0800. The highest BCUT2D eigenvalue weighted by molar-refractivity contribution is 4.84. The van der Waals surface area contributed by atoms with E-state index in [0.29, 0.717) is 0 Å². The van der Waals surface area contributed by atoms with Gasteiger partial charge < -0.3 is 5.32 Å². The van der Waals surface area contributed by atoms with Crippen molar-refractivity contribution < 1.29 is 0 Å². The first kappa shape index (κ1) is 15.3. The Labute approximate surface area is 120 Å². The Bertz CT molecular complexity index is 242. The minimum absolute atomic E-state index is 0.757. The van der Waals surface area contributed by atoms with E-state index in [2.05, 4.69) is 31.0 Å². The molecule has 0 saturated heterocycles. The largest absolute Gasteiger partial charge is 0.314 e. The summed E-state index contributed by atoms with van der Waals surface area (Å²) in [5.41, 5.74) is 0. The summed E-state index contributed by atoms with van der Waals surface area (Å²) in [6.07, 6.45) is 11.3. The lowest BCUT2D eigenvalue weighted by Crippen LogP contribution is -2.42. The standard InChI is InChI=1S/C17H34N2/c1-14(2)11-13-19(17-6-4-5-7-17)15(3)10-12-18-16-8-9-16/h14-18H,4-13H2,1-3H3. The summed E-state index contributed by atoms with van der Waals surface area (Å²) in [4.78, 5) is 2.83. The third-order valence-corrected chi connectivity index (χ3v) is 4.90. The highest BCUT2D eigenvalue weighted by Gasteiger charge is 2.26. The van der Waals surface area contributed by atoms with Crippen molar-refractivity contribution in [1.29, 1.82) is 0 Å². The van der Waals surface area contributed by atoms with E-state index in [-0.39, 0.29) is 0 Å². The fraction of sp³-hybridized carbons (Fsp3) is 1.00. The molecule has 0 aliphatic heterocycles. The molecule has 0 aromatic rings. The van der Waals surface area contributed by atoms with E-state index in [1.165, 1.54) is 64.5 Å². The summed E-state index contributed by atoms with van der Waals surface area (Å²) in [6, 6.07) is 2.51. The van der Waals surface area contributed by atoms with Crippen LogP contribution in [0.2, 0.25) is 0 Å². The van der Waals surface area contributed by atoms with Gasteiger partial charge in [-0.25, -0.2) is 0 Å². The Balaban J connectivity index is 1.75. The molecule has 0 radical (unpaired) electrons. The van der Waals surface area contributed by atoms with E-state index in [0.717, 1.165) is 24.0 Å². The Morgan fingerprint density at radius 3 is 2.26 bits per heavy atom. The SMILES string of the molecule is CC(C)CCN(C(C)CCNC1CC1)C1CCCC1. The maximum atomic E-state index is 3.67. The van der Waals surface area contributed by atoms with Crippen LogP contribution in [-0.4, -0.2) is 36.1 Å². The summed E-state index contributed by atoms with van der Waals surface area (Å²) in [7, 11) is 0. The first-order valence-corrected chi connectivity index (χ1v) is 8.66. The number of hydrogen-bond donors (Lipinski definition) is 1. The van der Waals surface area contributed by atoms with Crippen molar-refractivity contribution in [3.63, 3.8) is 0 Å². The van der Waals surface area contributed by atoms with Gasteiger partial charge in [-0.15, -0.1) is 0 Å². The molecule has 2 fully saturated rings. The zero-order valence-corrected chi connectivity index (χ0v) is 13.3. The van der Waals surface area contributed by atoms with Crippen molar-refractivity contribution in [2.45, 2.75) is 90.3 Å². The fourth-order valence-electron chi connectivity index (χ4n) is 3.36. The van der Waals surface area contributed by atoms with Crippen molar-refractivity contribution >= 4 is 0 Å². The Morgan fingerprint density at radius 1 is 1.00 bits per heavy atom. The quantitative estimate of drug-likeness (QED) is 0.683. The van der Waals surface area contributed by atoms with Gasteiger partial charge in [0.2, 0.25) is 0 Å². The molecule has 0 aromatic heterocycles. The second kappa shape index (κ2) is 7.64. The monoisotopic (exact) mass is 266 g/mol. The van der Waals surface area contributed by atoms with Crippen LogP contribution in [-0.2, 0) is 0 Å². The lowest BCUT2D eigenvalue weighted by Gasteiger charge is -2.35. The maximum absolute atomic E-state index is 3.67. The molecule has 2 saturated carbocycles. The zero-order valence-electron chi connectivity index (χ0n) is 13.3. The molecule has 19 heavy (non-hydrogen) atoms. The van der Waals surface area contributed by atoms with E-state index >= 15 is 0 Å². The second-order valence-corrected chi connectivity index (χ2v) is 7.22. The molecule has 112 valence electrons. The molecule has 0 heterocycles. The Morgan fingerprint density at radius 2 is 1.68 bits per heavy atom. The van der Waals surface area contributed by atoms with Crippen molar-refractivity contribution in [3.8, 4) is 0 Å². The molecule has 2 aliphatic carbocycles. The van der Waals surface area contributed by atoms with Crippen LogP contribution in [0.3, 0.4) is 0 Å². The van der Waals surface area contributed by atoms with Crippen molar-refractivity contribution in [1.82, 2.24) is 10.2 Å². The molecule has 0 bridgehead atoms. The normalized spacial score (nSPS) is 22.6. The summed E-state index contributed by atoms with van der Waals surface area (Å²) in [5.74, 6) is 0.834. The van der Waals surface area contributed by atoms with E-state index in [4.69, 9.17) is 0 Å². The molecular formula is C17H34N2. The van der Waals surface area contributed by atoms with Gasteiger partial charge in [0.05, 0.1) is 0 Å². The van der Waals surface area contributed by atoms with Gasteiger partial charge in [-0.1, -0.05) is 26.7 Å². The lowest BCUT2D eigenvalue weighted by molar-refractivity contribution is 0.130. The molecule has 1 N–H and O–H groups in total. The molecule has 0 amide bonds. The smallest absolute Gasteiger partial charge is 0.00980 e. The van der Waals surface area contributed by atoms with Gasteiger partial charge in [0, 0.05) is 18.1 Å². The van der Waals surface area contributed by atoms with Gasteiger partial charge >= 0.3 is 0 Å². The minimum Gasteiger partial charge on any atom is -0.314 e. The van der Waals surface area contributed by atoms with Crippen LogP contribution in [0.4, 0.5) is 0 Å². The molecule has 2 heteroatoms. The first-order valence-electron chi connectivity index (χ1n) is 8.66. The van der Waals surface area contributed by atoms with Gasteiger partial charge in [-0.2, -0.15) is 0 Å². The van der Waals surface area contributed by atoms with E-state index < -0.39 is 0 Å². The number of nitrogens with one attached hydrogen (secondary N) is 1. The van der Waals surface area contributed by atoms with Crippen LogP contribution < -0.4 is 5.32 Å². The lowest BCUT2D eigenvalue weighted by atomic mass is 10.1. The molecule has 2 aliphatic rings. The highest BCUT2D eigenvalue weighted by Crippen LogP contribution is 2.27. The predicted octanol–water partition coefficient (Wildman–Crippen LogP) is 3.81. The van der Waals surface area contributed by atoms with Crippen molar-refractivity contribution in [2.75, 3.05) is 13.1 Å². The summed E-state index contributed by atoms with van der Waals surface area (Å²) < 4.78 is 0. The van der Waals surface area contributed by atoms with Crippen LogP contribution in [0.1, 0.15) is 72.1 Å². The topological polar surface area (TPSA) is 15.3 Å². The van der Waals surface area contributed by atoms with Crippen LogP contribution >= 0.6 is 0 Å². The van der Waals surface area contributed by atoms with Crippen molar-refractivity contribution in [3.05, 3.63) is 0 Å². The number of rotatable bonds is 9. The summed E-state index contributed by atoms with van der Waals surface area (Å²) in [6.45, 7) is 9.69. The third kappa shape index (κ3) is 5.43. The first-order chi connectivity index (χ1) is 9.16. The van der Waals surface area contributed by atoms with Crippen LogP contribution in [0, 0.1) is 5.92 Å². The highest BCUT2D eigenvalue weighted by atomic mass is 15.2. The van der Waals surface area contributed by atoms with E-state index in [1.54, 1.807) is 0 Å². The average Bonchev–Trinajstić information content (AvgIpc) is 3.03. The van der Waals surface area contributed by atoms with E-state index in [9.17, 15) is 0 Å². The molecular weight excluding hydrogens is 232 g/mol. The predicted molar refractivity (Wildman–Crippen MR) is 83.5 cm³/mol. The van der Waals surface area contributed by atoms with Crippen LogP contribution in [0.15, 0.2) is 0 Å². The molecule has 0 aromatic carbocycles. The van der Waals surface area contributed by atoms with Gasteiger partial charge in [-0.3, -0.25) is 4.90 Å². The fourth-order valence-corrected chi connectivity index (χ4v) is 3.36. The number of nitrogens with zero attached hydrogens (tertiary/aromatic N) is 1. The van der Waals surface area contributed by atoms with Crippen molar-refractivity contribution in [2.24, 2.45) is 5.92 Å². The summed E-state index contributed by atoms with van der Waals surface area (Å²) in [5, 5.41) is 3.67. The second-order valence-electron chi connectivity index (χ2n) is 7.22. The molecule has 0 spiro atoms. The number of hydrogen-bond acceptors (Lipinski definition) is 2. The van der Waals surface area contributed by atoms with E-state index in [1.807, 2.05) is 0 Å². The zero-order chi connectivity index (χ0) is 13.7. The van der Waals surface area contributed by atoms with Gasteiger partial charge in [0.1, 0.15) is 0 Å². The third-order valence-electron chi connectivity index (χ3n) is 4.90. The molecule has 2 rings (SSSR count). The average molecular weight is 266 g/mol. The molecule has 1 unspecified atom stereocenters. The Kier molecular flexibility index (Phi) is 6.15. The van der Waals surface area contributed by atoms with Gasteiger partial charge in [0.15, 0.2) is 0 Å². The summed E-state index contributed by atoms with van der Waals surface area (Å²) >= 11 is 0. The molecule has 2 nitrogen and oxygen atoms in total. The van der Waals surface area contributed by atoms with Gasteiger partial charge in [0.25, 0.3) is 0 Å².